The molecule has 2 unspecified atom stereocenters. The number of aliphatic imine (C=N–C) groups is 1. The molecule has 0 aromatic rings. The van der Waals surface area contributed by atoms with E-state index in [1.165, 1.54) is 0 Å². The van der Waals surface area contributed by atoms with Crippen LogP contribution in [0.4, 0.5) is 0 Å². The number of aliphatic carboxylic acids is 3. The zero-order chi connectivity index (χ0) is 21.6. The molecule has 0 bridgehead atoms. The van der Waals surface area contributed by atoms with Gasteiger partial charge < -0.3 is 0 Å². The summed E-state index contributed by atoms with van der Waals surface area (Å²) in [6.07, 6.45) is -0.0422. The molecule has 154 valence electrons. The summed E-state index contributed by atoms with van der Waals surface area (Å²) < 4.78 is 0.318. The second kappa shape index (κ2) is 15.9. The van der Waals surface area contributed by atoms with Crippen LogP contribution in [0.25, 0.3) is 0 Å². The van der Waals surface area contributed by atoms with Gasteiger partial charge in [-0.1, -0.05) is 0 Å². The van der Waals surface area contributed by atoms with Crippen LogP contribution in [0.15, 0.2) is 4.99 Å². The van der Waals surface area contributed by atoms with Crippen molar-refractivity contribution in [2.24, 2.45) is 16.5 Å². The Morgan fingerprint density at radius 1 is 1.07 bits per heavy atom. The number of thiol groups is 1. The number of carboxylic acid groups (broad SMARTS) is 3. The normalized spacial score (nSPS) is 14.1. The molecule has 2 radical (unpaired) electrons. The van der Waals surface area contributed by atoms with Gasteiger partial charge in [-0.05, 0) is 0 Å². The number of carbonyl (C=O) groups is 4. The molecule has 0 rings (SSSR count). The summed E-state index contributed by atoms with van der Waals surface area (Å²) >= 11 is 9.13. The van der Waals surface area contributed by atoms with E-state index < -0.39 is 48.5 Å². The Kier molecular flexibility index (Phi) is 16.5. The van der Waals surface area contributed by atoms with E-state index in [2.05, 4.69) is 55.0 Å². The topological polar surface area (TPSA) is 205 Å². The molecule has 3 atom stereocenters. The van der Waals surface area contributed by atoms with E-state index in [1.54, 1.807) is 0 Å². The van der Waals surface area contributed by atoms with Crippen LogP contribution in [-0.4, -0.2) is 106 Å². The summed E-state index contributed by atoms with van der Waals surface area (Å²) in [7, 11) is 0. The molecule has 0 aliphatic carbocycles. The summed E-state index contributed by atoms with van der Waals surface area (Å²) in [5.74, 6) is -3.40. The summed E-state index contributed by atoms with van der Waals surface area (Å²) in [5, 5.41) is 28.1. The molecule has 0 aromatic heterocycles. The minimum absolute atomic E-state index is 0.00941. The van der Waals surface area contributed by atoms with Gasteiger partial charge in [0.1, 0.15) is 0 Å². The SMILES string of the molecule is NC(CCC(=O)NC(CS)C([Se])=NCC(=O)O)C(=O)O.N[C@@H](C[Se])C(=O)O. The number of carboxylic acids is 3. The number of carbonyl (C=O) groups excluding carboxylic acids is 1. The molecule has 1 amide bonds. The quantitative estimate of drug-likeness (QED) is 0.0828. The van der Waals surface area contributed by atoms with Crippen molar-refractivity contribution in [3.63, 3.8) is 0 Å². The number of rotatable bonds is 11. The Bertz CT molecular complexity index is 551. The third-order valence-corrected chi connectivity index (χ3v) is 4.67. The molecule has 14 heteroatoms. The fourth-order valence-electron chi connectivity index (χ4n) is 1.19. The molecule has 0 fully saturated rings. The van der Waals surface area contributed by atoms with Crippen LogP contribution in [0, 0.1) is 0 Å². The van der Waals surface area contributed by atoms with Crippen LogP contribution in [0.2, 0.25) is 5.32 Å². The number of nitrogens with zero attached hydrogens (tertiary/aromatic N) is 1. The maximum atomic E-state index is 11.6. The van der Waals surface area contributed by atoms with Crippen LogP contribution in [-0.2, 0) is 19.2 Å². The number of amides is 1. The van der Waals surface area contributed by atoms with Gasteiger partial charge in [0.05, 0.1) is 0 Å². The van der Waals surface area contributed by atoms with Crippen LogP contribution in [0.5, 0.6) is 0 Å². The van der Waals surface area contributed by atoms with Crippen molar-refractivity contribution in [1.29, 1.82) is 0 Å². The van der Waals surface area contributed by atoms with Gasteiger partial charge in [-0.3, -0.25) is 0 Å². The summed E-state index contributed by atoms with van der Waals surface area (Å²) in [6, 6.07) is -2.38. The zero-order valence-corrected chi connectivity index (χ0v) is 18.4. The van der Waals surface area contributed by atoms with Crippen molar-refractivity contribution in [2.45, 2.75) is 36.3 Å². The van der Waals surface area contributed by atoms with E-state index in [1.807, 2.05) is 0 Å². The monoisotopic (exact) mass is 538 g/mol. The van der Waals surface area contributed by atoms with E-state index in [0.717, 1.165) is 0 Å². The molecule has 11 nitrogen and oxygen atoms in total. The first-order valence-electron chi connectivity index (χ1n) is 7.34. The number of hydrogen-bond donors (Lipinski definition) is 7. The minimum atomic E-state index is -1.17. The van der Waals surface area contributed by atoms with E-state index in [-0.39, 0.29) is 18.6 Å². The standard InChI is InChI=1S/C10H16N3O5SSe.C3H6NO2Se/c11-5(10(17)18)1-2-7(14)13-6(4-19)9(20)12-3-8(15)16;4-2(1-7)3(5)6/h5-6,19H,1-4,11H2,(H,13,14)(H,15,16)(H,17,18);2H,1,4H2,(H,5,6)/t;2-/m.0/s1. The summed E-state index contributed by atoms with van der Waals surface area (Å²) in [5.41, 5.74) is 10.3. The van der Waals surface area contributed by atoms with Crippen LogP contribution in [0.3, 0.4) is 0 Å². The third-order valence-electron chi connectivity index (χ3n) is 2.68. The Balaban J connectivity index is 0. The molecule has 0 saturated heterocycles. The predicted octanol–water partition coefficient (Wildman–Crippen LogP) is -2.77. The molecular weight excluding hydrogens is 514 g/mol. The average Bonchev–Trinajstić information content (AvgIpc) is 2.61. The second-order valence-corrected chi connectivity index (χ2v) is 6.89. The van der Waals surface area contributed by atoms with E-state index in [9.17, 15) is 19.2 Å². The van der Waals surface area contributed by atoms with Gasteiger partial charge in [0.25, 0.3) is 0 Å². The average molecular weight is 536 g/mol. The summed E-state index contributed by atoms with van der Waals surface area (Å²) in [4.78, 5) is 46.0. The van der Waals surface area contributed by atoms with E-state index in [4.69, 9.17) is 26.8 Å². The van der Waals surface area contributed by atoms with Crippen molar-refractivity contribution in [3.05, 3.63) is 0 Å². The van der Waals surface area contributed by atoms with E-state index >= 15 is 0 Å². The zero-order valence-electron chi connectivity index (χ0n) is 14.1. The molecule has 0 heterocycles. The molecule has 0 aliphatic heterocycles. The van der Waals surface area contributed by atoms with Crippen molar-refractivity contribution >= 4 is 73.1 Å². The van der Waals surface area contributed by atoms with Gasteiger partial charge in [-0.15, -0.1) is 0 Å². The molecule has 0 aliphatic rings. The molecule has 27 heavy (non-hydrogen) atoms. The van der Waals surface area contributed by atoms with Crippen molar-refractivity contribution < 1.29 is 34.5 Å². The van der Waals surface area contributed by atoms with Gasteiger partial charge in [-0.2, -0.15) is 0 Å². The molecule has 0 spiro atoms. The van der Waals surface area contributed by atoms with Crippen LogP contribution < -0.4 is 16.8 Å². The molecule has 8 N–H and O–H groups in total. The second-order valence-electron chi connectivity index (χ2n) is 4.95. The Morgan fingerprint density at radius 2 is 1.59 bits per heavy atom. The summed E-state index contributed by atoms with van der Waals surface area (Å²) in [6.45, 7) is -0.410. The van der Waals surface area contributed by atoms with E-state index in [0.29, 0.717) is 9.93 Å². The van der Waals surface area contributed by atoms with Gasteiger partial charge in [0.15, 0.2) is 0 Å². The fraction of sp³-hybridized carbons (Fsp3) is 0.615. The van der Waals surface area contributed by atoms with Gasteiger partial charge in [0, 0.05) is 0 Å². The third kappa shape index (κ3) is 15.6. The first kappa shape index (κ1) is 28.1. The Hall–Kier alpha value is -1.14. The number of nitrogens with one attached hydrogen (secondary N) is 1. The molecular formula is C13H22N4O7SSe2. The van der Waals surface area contributed by atoms with Gasteiger partial charge in [-0.25, -0.2) is 0 Å². The molecule has 0 aromatic carbocycles. The first-order valence-corrected chi connectivity index (χ1v) is 10.0. The predicted molar refractivity (Wildman–Crippen MR) is 102 cm³/mol. The van der Waals surface area contributed by atoms with Crippen LogP contribution in [0.1, 0.15) is 12.8 Å². The Labute approximate surface area is 177 Å². The van der Waals surface area contributed by atoms with Crippen LogP contribution >= 0.6 is 12.6 Å². The van der Waals surface area contributed by atoms with Crippen molar-refractivity contribution in [2.75, 3.05) is 12.3 Å². The van der Waals surface area contributed by atoms with Gasteiger partial charge >= 0.3 is 178 Å². The maximum absolute atomic E-state index is 11.6. The number of nitrogens with two attached hydrogens (primary N) is 2. The van der Waals surface area contributed by atoms with Crippen molar-refractivity contribution in [1.82, 2.24) is 5.32 Å². The molecule has 0 saturated carbocycles. The van der Waals surface area contributed by atoms with Gasteiger partial charge in [0.2, 0.25) is 0 Å². The van der Waals surface area contributed by atoms with Crippen molar-refractivity contribution in [3.8, 4) is 0 Å². The first-order chi connectivity index (χ1) is 12.5. The Morgan fingerprint density at radius 3 is 1.93 bits per heavy atom. The fourth-order valence-corrected chi connectivity index (χ4v) is 2.46. The number of hydrogen-bond acceptors (Lipinski definition) is 8.